The fourth-order valence-corrected chi connectivity index (χ4v) is 3.17. The van der Waals surface area contributed by atoms with Gasteiger partial charge in [0.25, 0.3) is 5.91 Å². The van der Waals surface area contributed by atoms with E-state index < -0.39 is 0 Å². The van der Waals surface area contributed by atoms with Gasteiger partial charge in [-0.1, -0.05) is 32.9 Å². The average molecular weight is 365 g/mol. The quantitative estimate of drug-likeness (QED) is 0.844. The smallest absolute Gasteiger partial charge is 0.255 e. The van der Waals surface area contributed by atoms with E-state index in [-0.39, 0.29) is 11.3 Å². The number of nitrogens with zero attached hydrogens (tertiary/aromatic N) is 2. The van der Waals surface area contributed by atoms with Crippen molar-refractivity contribution in [3.05, 3.63) is 59.7 Å². The summed E-state index contributed by atoms with van der Waals surface area (Å²) in [5.41, 5.74) is 3.81. The van der Waals surface area contributed by atoms with E-state index in [0.29, 0.717) is 5.56 Å². The molecular formula is C22H27N3O2. The van der Waals surface area contributed by atoms with E-state index in [4.69, 9.17) is 0 Å². The molecule has 2 amide bonds. The molecule has 2 aromatic rings. The number of nitrogens with one attached hydrogen (secondary N) is 1. The molecule has 0 aromatic heterocycles. The summed E-state index contributed by atoms with van der Waals surface area (Å²) >= 11 is 0. The molecule has 5 heteroatoms. The van der Waals surface area contributed by atoms with Crippen LogP contribution in [0.5, 0.6) is 0 Å². The molecule has 142 valence electrons. The zero-order valence-electron chi connectivity index (χ0n) is 16.2. The van der Waals surface area contributed by atoms with Crippen molar-refractivity contribution in [1.82, 2.24) is 4.90 Å². The van der Waals surface area contributed by atoms with Gasteiger partial charge in [-0.3, -0.25) is 9.59 Å². The summed E-state index contributed by atoms with van der Waals surface area (Å²) in [5, 5.41) is 2.95. The van der Waals surface area contributed by atoms with E-state index in [9.17, 15) is 9.59 Å². The second kappa shape index (κ2) is 7.82. The molecule has 0 radical (unpaired) electrons. The number of hydrogen-bond donors (Lipinski definition) is 1. The van der Waals surface area contributed by atoms with Crippen LogP contribution in [-0.4, -0.2) is 43.4 Å². The highest BCUT2D eigenvalue weighted by atomic mass is 16.1. The number of anilines is 2. The summed E-state index contributed by atoms with van der Waals surface area (Å²) in [6, 6.07) is 15.6. The maximum Gasteiger partial charge on any atom is 0.255 e. The lowest BCUT2D eigenvalue weighted by molar-refractivity contribution is -0.118. The first-order valence-electron chi connectivity index (χ1n) is 9.33. The standard InChI is InChI=1S/C22H27N3O2/c1-22(2,3)18-6-4-17(5-7-18)21(27)23-19-8-10-20(11-9-19)25-14-12-24(16-26)13-15-25/h4-11,16H,12-15H2,1-3H3,(H,23,27). The Morgan fingerprint density at radius 2 is 1.52 bits per heavy atom. The maximum absolute atomic E-state index is 12.5. The van der Waals surface area contributed by atoms with Crippen molar-refractivity contribution in [2.45, 2.75) is 26.2 Å². The van der Waals surface area contributed by atoms with Crippen molar-refractivity contribution in [3.8, 4) is 0 Å². The normalized spacial score (nSPS) is 14.8. The van der Waals surface area contributed by atoms with Crippen LogP contribution >= 0.6 is 0 Å². The van der Waals surface area contributed by atoms with Gasteiger partial charge in [0.05, 0.1) is 0 Å². The number of rotatable bonds is 4. The van der Waals surface area contributed by atoms with Crippen molar-refractivity contribution in [2.75, 3.05) is 36.4 Å². The van der Waals surface area contributed by atoms with Crippen LogP contribution in [-0.2, 0) is 10.2 Å². The minimum Gasteiger partial charge on any atom is -0.368 e. The highest BCUT2D eigenvalue weighted by molar-refractivity contribution is 6.04. The van der Waals surface area contributed by atoms with Crippen molar-refractivity contribution in [2.24, 2.45) is 0 Å². The Hall–Kier alpha value is -2.82. The van der Waals surface area contributed by atoms with Gasteiger partial charge in [0.1, 0.15) is 0 Å². The first-order chi connectivity index (χ1) is 12.9. The van der Waals surface area contributed by atoms with E-state index >= 15 is 0 Å². The minimum atomic E-state index is -0.109. The molecule has 5 nitrogen and oxygen atoms in total. The van der Waals surface area contributed by atoms with Crippen molar-refractivity contribution in [3.63, 3.8) is 0 Å². The van der Waals surface area contributed by atoms with Crippen LogP contribution in [0.15, 0.2) is 48.5 Å². The van der Waals surface area contributed by atoms with Gasteiger partial charge in [-0.25, -0.2) is 0 Å². The number of carbonyl (C=O) groups is 2. The van der Waals surface area contributed by atoms with Crippen LogP contribution in [0.25, 0.3) is 0 Å². The van der Waals surface area contributed by atoms with Gasteiger partial charge in [-0.2, -0.15) is 0 Å². The number of hydrogen-bond acceptors (Lipinski definition) is 3. The SMILES string of the molecule is CC(C)(C)c1ccc(C(=O)Nc2ccc(N3CCN(C=O)CC3)cc2)cc1. The summed E-state index contributed by atoms with van der Waals surface area (Å²) in [5.74, 6) is -0.109. The van der Waals surface area contributed by atoms with Gasteiger partial charge in [0.15, 0.2) is 0 Å². The average Bonchev–Trinajstić information content (AvgIpc) is 2.68. The van der Waals surface area contributed by atoms with Gasteiger partial charge in [0.2, 0.25) is 6.41 Å². The Labute approximate surface area is 161 Å². The molecule has 0 saturated carbocycles. The third kappa shape index (κ3) is 4.67. The van der Waals surface area contributed by atoms with Crippen LogP contribution in [0.3, 0.4) is 0 Å². The molecule has 0 atom stereocenters. The molecule has 0 spiro atoms. The molecule has 1 fully saturated rings. The van der Waals surface area contributed by atoms with Gasteiger partial charge in [-0.05, 0) is 47.4 Å². The van der Waals surface area contributed by atoms with Gasteiger partial charge in [-0.15, -0.1) is 0 Å². The van der Waals surface area contributed by atoms with Crippen LogP contribution < -0.4 is 10.2 Å². The van der Waals surface area contributed by atoms with E-state index in [1.807, 2.05) is 48.5 Å². The predicted molar refractivity (Wildman–Crippen MR) is 109 cm³/mol. The zero-order chi connectivity index (χ0) is 19.4. The molecule has 0 aliphatic carbocycles. The molecule has 1 saturated heterocycles. The van der Waals surface area contributed by atoms with Crippen LogP contribution in [0.2, 0.25) is 0 Å². The minimum absolute atomic E-state index is 0.0715. The summed E-state index contributed by atoms with van der Waals surface area (Å²) in [7, 11) is 0. The Morgan fingerprint density at radius 1 is 0.926 bits per heavy atom. The summed E-state index contributed by atoms with van der Waals surface area (Å²) < 4.78 is 0. The summed E-state index contributed by atoms with van der Waals surface area (Å²) in [6.45, 7) is 9.60. The molecule has 0 unspecified atom stereocenters. The van der Waals surface area contributed by atoms with E-state index in [1.165, 1.54) is 5.56 Å². The highest BCUT2D eigenvalue weighted by Crippen LogP contribution is 2.23. The van der Waals surface area contributed by atoms with Gasteiger partial charge < -0.3 is 15.1 Å². The maximum atomic E-state index is 12.5. The molecule has 1 aliphatic heterocycles. The van der Waals surface area contributed by atoms with Gasteiger partial charge in [0, 0.05) is 43.1 Å². The highest BCUT2D eigenvalue weighted by Gasteiger charge is 2.16. The first-order valence-corrected chi connectivity index (χ1v) is 9.33. The Kier molecular flexibility index (Phi) is 5.49. The zero-order valence-corrected chi connectivity index (χ0v) is 16.2. The molecule has 0 bridgehead atoms. The van der Waals surface area contributed by atoms with Crippen LogP contribution in [0.4, 0.5) is 11.4 Å². The second-order valence-corrected chi connectivity index (χ2v) is 7.96. The van der Waals surface area contributed by atoms with E-state index in [2.05, 4.69) is 31.0 Å². The summed E-state index contributed by atoms with van der Waals surface area (Å²) in [4.78, 5) is 27.3. The topological polar surface area (TPSA) is 52.7 Å². The molecular weight excluding hydrogens is 338 g/mol. The van der Waals surface area contributed by atoms with Crippen LogP contribution in [0.1, 0.15) is 36.7 Å². The van der Waals surface area contributed by atoms with Crippen molar-refractivity contribution in [1.29, 1.82) is 0 Å². The molecule has 1 heterocycles. The fraction of sp³-hybridized carbons (Fsp3) is 0.364. The van der Waals surface area contributed by atoms with Crippen molar-refractivity contribution >= 4 is 23.7 Å². The molecule has 2 aromatic carbocycles. The fourth-order valence-electron chi connectivity index (χ4n) is 3.17. The Morgan fingerprint density at radius 3 is 2.04 bits per heavy atom. The van der Waals surface area contributed by atoms with Crippen LogP contribution in [0, 0.1) is 0 Å². The Bertz CT molecular complexity index is 784. The summed E-state index contributed by atoms with van der Waals surface area (Å²) in [6.07, 6.45) is 0.907. The second-order valence-electron chi connectivity index (χ2n) is 7.96. The number of piperazine rings is 1. The predicted octanol–water partition coefficient (Wildman–Crippen LogP) is 3.51. The molecule has 1 aliphatic rings. The monoisotopic (exact) mass is 365 g/mol. The molecule has 27 heavy (non-hydrogen) atoms. The number of carbonyl (C=O) groups excluding carboxylic acids is 2. The third-order valence-electron chi connectivity index (χ3n) is 4.97. The lowest BCUT2D eigenvalue weighted by Crippen LogP contribution is -2.45. The lowest BCUT2D eigenvalue weighted by atomic mass is 9.87. The molecule has 3 rings (SSSR count). The Balaban J connectivity index is 1.61. The number of amides is 2. The van der Waals surface area contributed by atoms with E-state index in [1.54, 1.807) is 4.90 Å². The lowest BCUT2D eigenvalue weighted by Gasteiger charge is -2.34. The molecule has 1 N–H and O–H groups in total. The van der Waals surface area contributed by atoms with E-state index in [0.717, 1.165) is 44.0 Å². The number of benzene rings is 2. The van der Waals surface area contributed by atoms with Gasteiger partial charge >= 0.3 is 0 Å². The third-order valence-corrected chi connectivity index (χ3v) is 4.97. The largest absolute Gasteiger partial charge is 0.368 e. The first kappa shape index (κ1) is 19.0. The van der Waals surface area contributed by atoms with Crippen molar-refractivity contribution < 1.29 is 9.59 Å².